The van der Waals surface area contributed by atoms with E-state index in [-0.39, 0.29) is 12.3 Å². The molecule has 22 heavy (non-hydrogen) atoms. The van der Waals surface area contributed by atoms with Gasteiger partial charge in [0, 0.05) is 16.6 Å². The second kappa shape index (κ2) is 7.56. The lowest BCUT2D eigenvalue weighted by atomic mass is 10.1. The molecule has 1 amide bonds. The number of carbonyl (C=O) groups excluding carboxylic acids is 1. The summed E-state index contributed by atoms with van der Waals surface area (Å²) in [6.45, 7) is -2.87. The van der Waals surface area contributed by atoms with Crippen molar-refractivity contribution >= 4 is 33.4 Å². The van der Waals surface area contributed by atoms with Gasteiger partial charge in [-0.1, -0.05) is 45.7 Å². The van der Waals surface area contributed by atoms with Crippen LogP contribution in [0.3, 0.4) is 0 Å². The minimum absolute atomic E-state index is 0.0261. The average molecular weight is 391 g/mol. The van der Waals surface area contributed by atoms with E-state index in [2.05, 4.69) is 26.0 Å². The number of halogens is 4. The van der Waals surface area contributed by atoms with Crippen LogP contribution in [0.25, 0.3) is 0 Å². The van der Waals surface area contributed by atoms with Crippen LogP contribution in [-0.4, -0.2) is 12.5 Å². The van der Waals surface area contributed by atoms with Crippen molar-refractivity contribution in [2.45, 2.75) is 13.2 Å². The molecule has 0 atom stereocenters. The Morgan fingerprint density at radius 3 is 2.73 bits per heavy atom. The Balaban J connectivity index is 2.10. The number of para-hydroxylation sites is 1. The highest BCUT2D eigenvalue weighted by molar-refractivity contribution is 9.10. The molecule has 0 aliphatic carbocycles. The summed E-state index contributed by atoms with van der Waals surface area (Å²) in [6.07, 6.45) is 0. The van der Waals surface area contributed by atoms with E-state index in [4.69, 9.17) is 11.6 Å². The van der Waals surface area contributed by atoms with E-state index >= 15 is 0 Å². The number of nitrogens with one attached hydrogen (secondary N) is 1. The van der Waals surface area contributed by atoms with Crippen molar-refractivity contribution < 1.29 is 18.3 Å². The van der Waals surface area contributed by atoms with Crippen LogP contribution >= 0.6 is 27.5 Å². The molecular formula is C15H11BrClF2NO2. The second-order valence-electron chi connectivity index (χ2n) is 4.29. The molecule has 0 bridgehead atoms. The van der Waals surface area contributed by atoms with Crippen molar-refractivity contribution in [2.24, 2.45) is 0 Å². The molecule has 116 valence electrons. The number of rotatable bonds is 5. The summed E-state index contributed by atoms with van der Waals surface area (Å²) in [4.78, 5) is 12.1. The summed E-state index contributed by atoms with van der Waals surface area (Å²) in [5.74, 6) is -0.378. The molecule has 2 aromatic carbocycles. The lowest BCUT2D eigenvalue weighted by Gasteiger charge is -2.12. The number of hydrogen-bond donors (Lipinski definition) is 1. The SMILES string of the molecule is O=C(NCc1ccccc1OC(F)F)c1cc(Br)ccc1Cl. The van der Waals surface area contributed by atoms with Gasteiger partial charge in [-0.15, -0.1) is 0 Å². The summed E-state index contributed by atoms with van der Waals surface area (Å²) in [7, 11) is 0. The van der Waals surface area contributed by atoms with Crippen molar-refractivity contribution in [1.29, 1.82) is 0 Å². The fourth-order valence-corrected chi connectivity index (χ4v) is 2.37. The minimum Gasteiger partial charge on any atom is -0.434 e. The van der Waals surface area contributed by atoms with Crippen molar-refractivity contribution in [3.8, 4) is 5.75 Å². The smallest absolute Gasteiger partial charge is 0.387 e. The molecule has 3 nitrogen and oxygen atoms in total. The minimum atomic E-state index is -2.92. The van der Waals surface area contributed by atoms with E-state index in [0.717, 1.165) is 0 Å². The molecule has 0 radical (unpaired) electrons. The maximum Gasteiger partial charge on any atom is 0.387 e. The fraction of sp³-hybridized carbons (Fsp3) is 0.133. The van der Waals surface area contributed by atoms with Gasteiger partial charge < -0.3 is 10.1 Å². The molecule has 0 aliphatic rings. The lowest BCUT2D eigenvalue weighted by molar-refractivity contribution is -0.0504. The lowest BCUT2D eigenvalue weighted by Crippen LogP contribution is -2.23. The highest BCUT2D eigenvalue weighted by Gasteiger charge is 2.13. The zero-order chi connectivity index (χ0) is 16.1. The standard InChI is InChI=1S/C15H11BrClF2NO2/c16-10-5-6-12(17)11(7-10)14(21)20-8-9-3-1-2-4-13(9)22-15(18)19/h1-7,15H,8H2,(H,20,21). The number of hydrogen-bond acceptors (Lipinski definition) is 2. The van der Waals surface area contributed by atoms with Crippen LogP contribution in [0.4, 0.5) is 8.78 Å². The van der Waals surface area contributed by atoms with Crippen LogP contribution < -0.4 is 10.1 Å². The van der Waals surface area contributed by atoms with Crippen LogP contribution in [0, 0.1) is 0 Å². The van der Waals surface area contributed by atoms with Gasteiger partial charge in [0.05, 0.1) is 10.6 Å². The summed E-state index contributed by atoms with van der Waals surface area (Å²) in [5.41, 5.74) is 0.741. The molecule has 2 aromatic rings. The van der Waals surface area contributed by atoms with Gasteiger partial charge in [0.25, 0.3) is 5.91 Å². The molecular weight excluding hydrogens is 380 g/mol. The first-order valence-electron chi connectivity index (χ1n) is 6.23. The summed E-state index contributed by atoms with van der Waals surface area (Å²) >= 11 is 9.22. The first kappa shape index (κ1) is 16.7. The Labute approximate surface area is 139 Å². The maximum absolute atomic E-state index is 12.3. The van der Waals surface area contributed by atoms with E-state index in [1.807, 2.05) is 0 Å². The van der Waals surface area contributed by atoms with Gasteiger partial charge in [-0.25, -0.2) is 0 Å². The molecule has 7 heteroatoms. The number of ether oxygens (including phenoxy) is 1. The Morgan fingerprint density at radius 1 is 1.27 bits per heavy atom. The van der Waals surface area contributed by atoms with Crippen molar-refractivity contribution in [3.63, 3.8) is 0 Å². The monoisotopic (exact) mass is 389 g/mol. The Morgan fingerprint density at radius 2 is 2.00 bits per heavy atom. The van der Waals surface area contributed by atoms with Gasteiger partial charge in [-0.2, -0.15) is 8.78 Å². The summed E-state index contributed by atoms with van der Waals surface area (Å²) in [6, 6.07) is 11.2. The predicted molar refractivity (Wildman–Crippen MR) is 83.4 cm³/mol. The van der Waals surface area contributed by atoms with Crippen molar-refractivity contribution in [2.75, 3.05) is 0 Å². The van der Waals surface area contributed by atoms with Gasteiger partial charge in [-0.3, -0.25) is 4.79 Å². The molecule has 0 fully saturated rings. The van der Waals surface area contributed by atoms with Gasteiger partial charge in [-0.05, 0) is 24.3 Å². The Kier molecular flexibility index (Phi) is 5.74. The topological polar surface area (TPSA) is 38.3 Å². The summed E-state index contributed by atoms with van der Waals surface area (Å²) in [5, 5.41) is 2.93. The first-order chi connectivity index (χ1) is 10.5. The largest absolute Gasteiger partial charge is 0.434 e. The second-order valence-corrected chi connectivity index (χ2v) is 5.62. The zero-order valence-corrected chi connectivity index (χ0v) is 13.5. The van der Waals surface area contributed by atoms with E-state index in [1.54, 1.807) is 36.4 Å². The molecule has 0 spiro atoms. The summed E-state index contributed by atoms with van der Waals surface area (Å²) < 4.78 is 29.8. The Bertz CT molecular complexity index is 682. The van der Waals surface area contributed by atoms with Crippen molar-refractivity contribution in [1.82, 2.24) is 5.32 Å². The van der Waals surface area contributed by atoms with Crippen LogP contribution in [0.15, 0.2) is 46.9 Å². The third-order valence-corrected chi connectivity index (χ3v) is 3.62. The number of carbonyl (C=O) groups is 1. The van der Waals surface area contributed by atoms with Gasteiger partial charge in [0.15, 0.2) is 0 Å². The highest BCUT2D eigenvalue weighted by Crippen LogP contribution is 2.22. The molecule has 2 rings (SSSR count). The van der Waals surface area contributed by atoms with Gasteiger partial charge in [0.1, 0.15) is 5.75 Å². The Hall–Kier alpha value is -1.66. The molecule has 0 aliphatic heterocycles. The fourth-order valence-electron chi connectivity index (χ4n) is 1.80. The van der Waals surface area contributed by atoms with E-state index in [9.17, 15) is 13.6 Å². The van der Waals surface area contributed by atoms with E-state index in [0.29, 0.717) is 20.6 Å². The number of amides is 1. The van der Waals surface area contributed by atoms with Crippen molar-refractivity contribution in [3.05, 3.63) is 63.1 Å². The predicted octanol–water partition coefficient (Wildman–Crippen LogP) is 4.63. The normalized spacial score (nSPS) is 10.6. The molecule has 0 heterocycles. The molecule has 0 unspecified atom stereocenters. The highest BCUT2D eigenvalue weighted by atomic mass is 79.9. The van der Waals surface area contributed by atoms with Crippen LogP contribution in [0.2, 0.25) is 5.02 Å². The third-order valence-electron chi connectivity index (χ3n) is 2.80. The molecule has 0 saturated heterocycles. The van der Waals surface area contributed by atoms with Gasteiger partial charge >= 0.3 is 6.61 Å². The van der Waals surface area contributed by atoms with E-state index < -0.39 is 12.5 Å². The zero-order valence-electron chi connectivity index (χ0n) is 11.2. The van der Waals surface area contributed by atoms with Crippen LogP contribution in [0.1, 0.15) is 15.9 Å². The number of alkyl halides is 2. The number of benzene rings is 2. The quantitative estimate of drug-likeness (QED) is 0.808. The van der Waals surface area contributed by atoms with E-state index in [1.165, 1.54) is 6.07 Å². The van der Waals surface area contributed by atoms with Crippen LogP contribution in [0.5, 0.6) is 5.75 Å². The third kappa shape index (κ3) is 4.42. The van der Waals surface area contributed by atoms with Gasteiger partial charge in [0.2, 0.25) is 0 Å². The molecule has 0 aromatic heterocycles. The first-order valence-corrected chi connectivity index (χ1v) is 7.40. The molecule has 1 N–H and O–H groups in total. The maximum atomic E-state index is 12.3. The van der Waals surface area contributed by atoms with Crippen LogP contribution in [-0.2, 0) is 6.54 Å². The molecule has 0 saturated carbocycles. The average Bonchev–Trinajstić information content (AvgIpc) is 2.48.